The summed E-state index contributed by atoms with van der Waals surface area (Å²) in [5.41, 5.74) is 6.84. The molecule has 0 atom stereocenters. The minimum absolute atomic E-state index is 0.846. The van der Waals surface area contributed by atoms with Gasteiger partial charge < -0.3 is 0 Å². The standard InChI is InChI=1S/C23H20BrN3/c1-15-7-4-5-10-20(15)23-26-25-22(18-11-13-19(24)14-12-18)27(23)21-16(2)8-6-9-17(21)3/h4-14H,1-3H3. The number of aromatic nitrogens is 3. The van der Waals surface area contributed by atoms with Gasteiger partial charge in [0.25, 0.3) is 0 Å². The third-order valence-corrected chi connectivity index (χ3v) is 5.34. The number of rotatable bonds is 3. The van der Waals surface area contributed by atoms with Crippen LogP contribution in [-0.2, 0) is 0 Å². The summed E-state index contributed by atoms with van der Waals surface area (Å²) >= 11 is 3.51. The predicted octanol–water partition coefficient (Wildman–Crippen LogP) is 6.29. The number of hydrogen-bond donors (Lipinski definition) is 0. The fourth-order valence-corrected chi connectivity index (χ4v) is 3.70. The zero-order valence-electron chi connectivity index (χ0n) is 15.6. The van der Waals surface area contributed by atoms with Crippen LogP contribution < -0.4 is 0 Å². The van der Waals surface area contributed by atoms with Crippen molar-refractivity contribution >= 4 is 15.9 Å². The minimum atomic E-state index is 0.846. The predicted molar refractivity (Wildman–Crippen MR) is 114 cm³/mol. The van der Waals surface area contributed by atoms with Crippen LogP contribution in [-0.4, -0.2) is 14.8 Å². The van der Waals surface area contributed by atoms with E-state index in [4.69, 9.17) is 0 Å². The molecule has 134 valence electrons. The molecule has 4 aromatic rings. The highest BCUT2D eigenvalue weighted by molar-refractivity contribution is 9.10. The Balaban J connectivity index is 2.05. The van der Waals surface area contributed by atoms with Crippen LogP contribution in [0.4, 0.5) is 0 Å². The lowest BCUT2D eigenvalue weighted by Gasteiger charge is -2.16. The molecule has 0 saturated carbocycles. The van der Waals surface area contributed by atoms with Crippen molar-refractivity contribution in [1.29, 1.82) is 0 Å². The van der Waals surface area contributed by atoms with Gasteiger partial charge in [0.1, 0.15) is 0 Å². The Morgan fingerprint density at radius 1 is 0.667 bits per heavy atom. The molecule has 0 radical (unpaired) electrons. The van der Waals surface area contributed by atoms with Crippen molar-refractivity contribution < 1.29 is 0 Å². The minimum Gasteiger partial charge on any atom is -0.274 e. The first-order chi connectivity index (χ1) is 13.1. The summed E-state index contributed by atoms with van der Waals surface area (Å²) in [5, 5.41) is 9.20. The third-order valence-electron chi connectivity index (χ3n) is 4.81. The molecule has 1 aromatic heterocycles. The van der Waals surface area contributed by atoms with Crippen LogP contribution >= 0.6 is 15.9 Å². The van der Waals surface area contributed by atoms with Crippen LogP contribution in [0.25, 0.3) is 28.5 Å². The zero-order chi connectivity index (χ0) is 19.0. The smallest absolute Gasteiger partial charge is 0.169 e. The summed E-state index contributed by atoms with van der Waals surface area (Å²) in [7, 11) is 0. The van der Waals surface area contributed by atoms with Crippen LogP contribution in [0.1, 0.15) is 16.7 Å². The summed E-state index contributed by atoms with van der Waals surface area (Å²) in [6.07, 6.45) is 0. The number of benzene rings is 3. The van der Waals surface area contributed by atoms with E-state index in [9.17, 15) is 0 Å². The Hall–Kier alpha value is -2.72. The molecule has 3 aromatic carbocycles. The van der Waals surface area contributed by atoms with Gasteiger partial charge in [-0.3, -0.25) is 4.57 Å². The Labute approximate surface area is 167 Å². The van der Waals surface area contributed by atoms with E-state index in [1.54, 1.807) is 0 Å². The van der Waals surface area contributed by atoms with E-state index in [2.05, 4.69) is 93.9 Å². The topological polar surface area (TPSA) is 30.7 Å². The first-order valence-corrected chi connectivity index (χ1v) is 9.69. The van der Waals surface area contributed by atoms with Gasteiger partial charge in [-0.1, -0.05) is 70.5 Å². The second-order valence-corrected chi connectivity index (χ2v) is 7.66. The summed E-state index contributed by atoms with van der Waals surface area (Å²) in [4.78, 5) is 0. The molecule has 0 aliphatic rings. The fourth-order valence-electron chi connectivity index (χ4n) is 3.44. The summed E-state index contributed by atoms with van der Waals surface area (Å²) < 4.78 is 3.24. The van der Waals surface area contributed by atoms with Crippen molar-refractivity contribution in [2.45, 2.75) is 20.8 Å². The van der Waals surface area contributed by atoms with Crippen molar-refractivity contribution in [1.82, 2.24) is 14.8 Å². The fraction of sp³-hybridized carbons (Fsp3) is 0.130. The molecule has 0 aliphatic heterocycles. The maximum atomic E-state index is 4.61. The number of nitrogens with zero attached hydrogens (tertiary/aromatic N) is 3. The van der Waals surface area contributed by atoms with Crippen molar-refractivity contribution in [3.05, 3.63) is 87.9 Å². The van der Waals surface area contributed by atoms with Gasteiger partial charge in [-0.05, 0) is 49.6 Å². The highest BCUT2D eigenvalue weighted by atomic mass is 79.9. The highest BCUT2D eigenvalue weighted by Crippen LogP contribution is 2.33. The first kappa shape index (κ1) is 17.7. The Kier molecular flexibility index (Phi) is 4.66. The largest absolute Gasteiger partial charge is 0.274 e. The Morgan fingerprint density at radius 3 is 1.93 bits per heavy atom. The molecule has 3 nitrogen and oxygen atoms in total. The SMILES string of the molecule is Cc1ccccc1-c1nnc(-c2ccc(Br)cc2)n1-c1c(C)cccc1C. The van der Waals surface area contributed by atoms with E-state index >= 15 is 0 Å². The molecule has 4 heteroatoms. The lowest BCUT2D eigenvalue weighted by molar-refractivity contribution is 1.03. The summed E-state index contributed by atoms with van der Waals surface area (Å²) in [6.45, 7) is 6.38. The second-order valence-electron chi connectivity index (χ2n) is 6.74. The Morgan fingerprint density at radius 2 is 1.26 bits per heavy atom. The van der Waals surface area contributed by atoms with Gasteiger partial charge in [0, 0.05) is 15.6 Å². The van der Waals surface area contributed by atoms with Crippen molar-refractivity contribution in [2.75, 3.05) is 0 Å². The number of hydrogen-bond acceptors (Lipinski definition) is 2. The van der Waals surface area contributed by atoms with Gasteiger partial charge in [0.2, 0.25) is 0 Å². The molecule has 0 fully saturated rings. The maximum absolute atomic E-state index is 4.61. The molecular weight excluding hydrogens is 398 g/mol. The van der Waals surface area contributed by atoms with Crippen molar-refractivity contribution in [3.63, 3.8) is 0 Å². The van der Waals surface area contributed by atoms with Gasteiger partial charge in [0.15, 0.2) is 11.6 Å². The maximum Gasteiger partial charge on any atom is 0.169 e. The average molecular weight is 418 g/mol. The van der Waals surface area contributed by atoms with Crippen LogP contribution in [0.2, 0.25) is 0 Å². The highest BCUT2D eigenvalue weighted by Gasteiger charge is 2.20. The number of para-hydroxylation sites is 1. The van der Waals surface area contributed by atoms with Crippen LogP contribution in [0.3, 0.4) is 0 Å². The number of aryl methyl sites for hydroxylation is 3. The normalized spacial score (nSPS) is 11.0. The molecule has 0 N–H and O–H groups in total. The van der Waals surface area contributed by atoms with E-state index < -0.39 is 0 Å². The monoisotopic (exact) mass is 417 g/mol. The number of halogens is 1. The molecule has 27 heavy (non-hydrogen) atoms. The molecule has 0 bridgehead atoms. The second kappa shape index (κ2) is 7.12. The quantitative estimate of drug-likeness (QED) is 0.392. The van der Waals surface area contributed by atoms with Gasteiger partial charge in [-0.25, -0.2) is 0 Å². The third kappa shape index (κ3) is 3.21. The van der Waals surface area contributed by atoms with Gasteiger partial charge in [-0.2, -0.15) is 0 Å². The molecular formula is C23H20BrN3. The summed E-state index contributed by atoms with van der Waals surface area (Å²) in [5.74, 6) is 1.71. The zero-order valence-corrected chi connectivity index (χ0v) is 17.2. The molecule has 0 saturated heterocycles. The summed E-state index contributed by atoms with van der Waals surface area (Å²) in [6, 6.07) is 22.9. The molecule has 1 heterocycles. The van der Waals surface area contributed by atoms with E-state index in [1.807, 2.05) is 24.3 Å². The Bertz CT molecular complexity index is 1090. The van der Waals surface area contributed by atoms with Crippen LogP contribution in [0, 0.1) is 20.8 Å². The average Bonchev–Trinajstić information content (AvgIpc) is 3.07. The molecule has 0 unspecified atom stereocenters. The van der Waals surface area contributed by atoms with E-state index in [0.717, 1.165) is 32.9 Å². The van der Waals surface area contributed by atoms with Gasteiger partial charge in [0.05, 0.1) is 5.69 Å². The molecule has 4 rings (SSSR count). The van der Waals surface area contributed by atoms with E-state index in [0.29, 0.717) is 0 Å². The first-order valence-electron chi connectivity index (χ1n) is 8.90. The lowest BCUT2D eigenvalue weighted by atomic mass is 10.1. The molecule has 0 spiro atoms. The van der Waals surface area contributed by atoms with Crippen LogP contribution in [0.15, 0.2) is 71.2 Å². The molecule has 0 aliphatic carbocycles. The van der Waals surface area contributed by atoms with Gasteiger partial charge >= 0.3 is 0 Å². The van der Waals surface area contributed by atoms with Crippen molar-refractivity contribution in [3.8, 4) is 28.5 Å². The van der Waals surface area contributed by atoms with Crippen LogP contribution in [0.5, 0.6) is 0 Å². The lowest BCUT2D eigenvalue weighted by Crippen LogP contribution is -2.05. The van der Waals surface area contributed by atoms with Crippen molar-refractivity contribution in [2.24, 2.45) is 0 Å². The van der Waals surface area contributed by atoms with Gasteiger partial charge in [-0.15, -0.1) is 10.2 Å². The van der Waals surface area contributed by atoms with E-state index in [1.165, 1.54) is 16.7 Å². The molecule has 0 amide bonds. The van der Waals surface area contributed by atoms with E-state index in [-0.39, 0.29) is 0 Å².